The van der Waals surface area contributed by atoms with Crippen molar-refractivity contribution in [1.29, 1.82) is 0 Å². The fraction of sp³-hybridized carbons (Fsp3) is 0.556. The van der Waals surface area contributed by atoms with Gasteiger partial charge in [0.25, 0.3) is 0 Å². The maximum atomic E-state index is 12.4. The van der Waals surface area contributed by atoms with Crippen LogP contribution in [0.5, 0.6) is 5.75 Å². The minimum absolute atomic E-state index is 0.00753. The fourth-order valence-electron chi connectivity index (χ4n) is 3.18. The highest BCUT2D eigenvalue weighted by Gasteiger charge is 2.38. The fourth-order valence-corrected chi connectivity index (χ4v) is 3.18. The van der Waals surface area contributed by atoms with Crippen molar-refractivity contribution >= 4 is 17.5 Å². The standard InChI is InChI=1S/C18H24N2O3/c1-11-4-7-16(23-3)15(8-11)20-10-14(9-17(20)21)18(22)19-12(2)13-5-6-13/h4,7-8,12-14H,5-6,9-10H2,1-3H3,(H,19,22). The Labute approximate surface area is 137 Å². The van der Waals surface area contributed by atoms with Crippen LogP contribution in [-0.2, 0) is 9.59 Å². The first-order valence-corrected chi connectivity index (χ1v) is 8.25. The molecule has 2 aliphatic rings. The minimum atomic E-state index is -0.283. The molecule has 5 heteroatoms. The molecule has 0 radical (unpaired) electrons. The van der Waals surface area contributed by atoms with Gasteiger partial charge in [-0.05, 0) is 50.3 Å². The van der Waals surface area contributed by atoms with Gasteiger partial charge in [-0.25, -0.2) is 0 Å². The number of benzene rings is 1. The molecule has 2 atom stereocenters. The van der Waals surface area contributed by atoms with Crippen LogP contribution in [0, 0.1) is 18.8 Å². The smallest absolute Gasteiger partial charge is 0.227 e. The average molecular weight is 316 g/mol. The molecule has 2 fully saturated rings. The number of hydrogen-bond acceptors (Lipinski definition) is 3. The lowest BCUT2D eigenvalue weighted by Crippen LogP contribution is -2.39. The number of methoxy groups -OCH3 is 1. The van der Waals surface area contributed by atoms with Gasteiger partial charge in [-0.3, -0.25) is 9.59 Å². The second-order valence-corrected chi connectivity index (χ2v) is 6.72. The van der Waals surface area contributed by atoms with Crippen molar-refractivity contribution in [1.82, 2.24) is 5.32 Å². The van der Waals surface area contributed by atoms with Crippen LogP contribution in [0.3, 0.4) is 0 Å². The molecular formula is C18H24N2O3. The molecule has 0 bridgehead atoms. The van der Waals surface area contributed by atoms with E-state index < -0.39 is 0 Å². The first-order chi connectivity index (χ1) is 11.0. The quantitative estimate of drug-likeness (QED) is 0.906. The molecule has 124 valence electrons. The molecule has 1 heterocycles. The summed E-state index contributed by atoms with van der Waals surface area (Å²) < 4.78 is 5.37. The number of carbonyl (C=O) groups is 2. The molecule has 23 heavy (non-hydrogen) atoms. The molecule has 2 amide bonds. The van der Waals surface area contributed by atoms with Crippen molar-refractivity contribution in [2.24, 2.45) is 11.8 Å². The Morgan fingerprint density at radius 2 is 2.13 bits per heavy atom. The lowest BCUT2D eigenvalue weighted by atomic mass is 10.1. The zero-order chi connectivity index (χ0) is 16.6. The third-order valence-electron chi connectivity index (χ3n) is 4.82. The molecule has 1 aromatic carbocycles. The van der Waals surface area contributed by atoms with Gasteiger partial charge in [-0.1, -0.05) is 6.07 Å². The Bertz CT molecular complexity index is 625. The highest BCUT2D eigenvalue weighted by atomic mass is 16.5. The Morgan fingerprint density at radius 1 is 1.39 bits per heavy atom. The van der Waals surface area contributed by atoms with E-state index in [4.69, 9.17) is 4.74 Å². The van der Waals surface area contributed by atoms with Crippen molar-refractivity contribution in [2.45, 2.75) is 39.2 Å². The normalized spacial score (nSPS) is 22.1. The molecular weight excluding hydrogens is 292 g/mol. The van der Waals surface area contributed by atoms with Gasteiger partial charge in [-0.15, -0.1) is 0 Å². The first-order valence-electron chi connectivity index (χ1n) is 8.25. The SMILES string of the molecule is COc1ccc(C)cc1N1CC(C(=O)NC(C)C2CC2)CC1=O. The maximum Gasteiger partial charge on any atom is 0.227 e. The Hall–Kier alpha value is -2.04. The lowest BCUT2D eigenvalue weighted by molar-refractivity contribution is -0.127. The summed E-state index contributed by atoms with van der Waals surface area (Å²) in [6.07, 6.45) is 2.65. The van der Waals surface area contributed by atoms with E-state index in [2.05, 4.69) is 5.32 Å². The summed E-state index contributed by atoms with van der Waals surface area (Å²) in [4.78, 5) is 26.5. The Balaban J connectivity index is 1.72. The van der Waals surface area contributed by atoms with Crippen molar-refractivity contribution in [2.75, 3.05) is 18.6 Å². The predicted molar refractivity (Wildman–Crippen MR) is 88.5 cm³/mol. The van der Waals surface area contributed by atoms with Crippen molar-refractivity contribution in [3.63, 3.8) is 0 Å². The molecule has 3 rings (SSSR count). The van der Waals surface area contributed by atoms with E-state index >= 15 is 0 Å². The number of rotatable bonds is 5. The molecule has 1 aliphatic heterocycles. The largest absolute Gasteiger partial charge is 0.495 e. The van der Waals surface area contributed by atoms with E-state index in [1.807, 2.05) is 32.0 Å². The summed E-state index contributed by atoms with van der Waals surface area (Å²) >= 11 is 0. The van der Waals surface area contributed by atoms with E-state index in [0.717, 1.165) is 11.3 Å². The van der Waals surface area contributed by atoms with E-state index in [0.29, 0.717) is 18.2 Å². The van der Waals surface area contributed by atoms with Gasteiger partial charge in [0.15, 0.2) is 0 Å². The van der Waals surface area contributed by atoms with Gasteiger partial charge in [0.05, 0.1) is 18.7 Å². The molecule has 1 saturated carbocycles. The minimum Gasteiger partial charge on any atom is -0.495 e. The molecule has 1 N–H and O–H groups in total. The van der Waals surface area contributed by atoms with E-state index in [9.17, 15) is 9.59 Å². The van der Waals surface area contributed by atoms with Crippen LogP contribution < -0.4 is 15.0 Å². The molecule has 0 aromatic heterocycles. The number of nitrogens with one attached hydrogen (secondary N) is 1. The van der Waals surface area contributed by atoms with Gasteiger partial charge in [0.1, 0.15) is 5.75 Å². The van der Waals surface area contributed by atoms with E-state index in [1.54, 1.807) is 12.0 Å². The van der Waals surface area contributed by atoms with Crippen molar-refractivity contribution < 1.29 is 14.3 Å². The summed E-state index contributed by atoms with van der Waals surface area (Å²) in [5.74, 6) is 0.967. The topological polar surface area (TPSA) is 58.6 Å². The van der Waals surface area contributed by atoms with Crippen LogP contribution in [0.1, 0.15) is 31.7 Å². The Kier molecular flexibility index (Phi) is 4.28. The summed E-state index contributed by atoms with van der Waals surface area (Å²) in [5, 5.41) is 3.07. The van der Waals surface area contributed by atoms with Crippen LogP contribution in [0.15, 0.2) is 18.2 Å². The lowest BCUT2D eigenvalue weighted by Gasteiger charge is -2.20. The number of amides is 2. The van der Waals surface area contributed by atoms with Gasteiger partial charge in [0.2, 0.25) is 11.8 Å². The first kappa shape index (κ1) is 15.8. The second kappa shape index (κ2) is 6.22. The summed E-state index contributed by atoms with van der Waals surface area (Å²) in [7, 11) is 1.59. The number of hydrogen-bond donors (Lipinski definition) is 1. The van der Waals surface area contributed by atoms with Crippen molar-refractivity contribution in [3.8, 4) is 5.75 Å². The number of ether oxygens (including phenoxy) is 1. The summed E-state index contributed by atoms with van der Waals surface area (Å²) in [5.41, 5.74) is 1.81. The van der Waals surface area contributed by atoms with E-state index in [-0.39, 0.29) is 30.2 Å². The number of anilines is 1. The number of nitrogens with zero attached hydrogens (tertiary/aromatic N) is 1. The zero-order valence-corrected chi connectivity index (χ0v) is 14.0. The van der Waals surface area contributed by atoms with Gasteiger partial charge < -0.3 is 15.0 Å². The van der Waals surface area contributed by atoms with Crippen LogP contribution >= 0.6 is 0 Å². The molecule has 5 nitrogen and oxygen atoms in total. The van der Waals surface area contributed by atoms with Crippen LogP contribution in [0.2, 0.25) is 0 Å². The third kappa shape index (κ3) is 3.33. The highest BCUT2D eigenvalue weighted by molar-refractivity contribution is 6.01. The van der Waals surface area contributed by atoms with Crippen molar-refractivity contribution in [3.05, 3.63) is 23.8 Å². The number of carbonyl (C=O) groups excluding carboxylic acids is 2. The summed E-state index contributed by atoms with van der Waals surface area (Å²) in [6, 6.07) is 5.95. The number of aryl methyl sites for hydroxylation is 1. The molecule has 1 aromatic rings. The van der Waals surface area contributed by atoms with E-state index in [1.165, 1.54) is 12.8 Å². The maximum absolute atomic E-state index is 12.4. The average Bonchev–Trinajstić information content (AvgIpc) is 3.30. The Morgan fingerprint density at radius 3 is 2.78 bits per heavy atom. The third-order valence-corrected chi connectivity index (χ3v) is 4.82. The van der Waals surface area contributed by atoms with Gasteiger partial charge in [0, 0.05) is 19.0 Å². The monoisotopic (exact) mass is 316 g/mol. The molecule has 0 spiro atoms. The molecule has 1 aliphatic carbocycles. The molecule has 1 saturated heterocycles. The predicted octanol–water partition coefficient (Wildman–Crippen LogP) is 2.27. The van der Waals surface area contributed by atoms with Crippen LogP contribution in [-0.4, -0.2) is 31.5 Å². The molecule has 2 unspecified atom stereocenters. The zero-order valence-electron chi connectivity index (χ0n) is 14.0. The van der Waals surface area contributed by atoms with Crippen LogP contribution in [0.25, 0.3) is 0 Å². The van der Waals surface area contributed by atoms with Gasteiger partial charge in [-0.2, -0.15) is 0 Å². The highest BCUT2D eigenvalue weighted by Crippen LogP contribution is 2.35. The van der Waals surface area contributed by atoms with Gasteiger partial charge >= 0.3 is 0 Å². The second-order valence-electron chi connectivity index (χ2n) is 6.72. The summed E-state index contributed by atoms with van der Waals surface area (Å²) in [6.45, 7) is 4.44. The van der Waals surface area contributed by atoms with Crippen LogP contribution in [0.4, 0.5) is 5.69 Å².